The monoisotopic (exact) mass is 196 g/mol. The van der Waals surface area contributed by atoms with Crippen LogP contribution in [-0.4, -0.2) is 22.8 Å². The highest BCUT2D eigenvalue weighted by Gasteiger charge is 2.18. The van der Waals surface area contributed by atoms with Crippen molar-refractivity contribution in [3.05, 3.63) is 24.0 Å². The van der Waals surface area contributed by atoms with Crippen molar-refractivity contribution in [3.8, 4) is 0 Å². The molecule has 5 nitrogen and oxygen atoms in total. The van der Waals surface area contributed by atoms with Crippen LogP contribution in [0, 0.1) is 0 Å². The van der Waals surface area contributed by atoms with Gasteiger partial charge in [0.1, 0.15) is 6.04 Å². The summed E-state index contributed by atoms with van der Waals surface area (Å²) in [4.78, 5) is 24.4. The summed E-state index contributed by atoms with van der Waals surface area (Å²) < 4.78 is 0. The van der Waals surface area contributed by atoms with Crippen molar-refractivity contribution in [2.24, 2.45) is 0 Å². The lowest BCUT2D eigenvalue weighted by atomic mass is 10.0. The molecule has 1 rings (SSSR count). The summed E-state index contributed by atoms with van der Waals surface area (Å²) in [6.07, 6.45) is 3.29. The average Bonchev–Trinajstić information content (AvgIpc) is 2.65. The van der Waals surface area contributed by atoms with Crippen molar-refractivity contribution in [1.29, 1.82) is 0 Å². The second-order valence-corrected chi connectivity index (χ2v) is 3.07. The number of aromatic nitrogens is 1. The van der Waals surface area contributed by atoms with Crippen molar-refractivity contribution in [1.82, 2.24) is 4.98 Å². The van der Waals surface area contributed by atoms with Crippen molar-refractivity contribution in [3.63, 3.8) is 0 Å². The first-order valence-electron chi connectivity index (χ1n) is 4.31. The summed E-state index contributed by atoms with van der Waals surface area (Å²) in [5.41, 5.74) is 4.14. The lowest BCUT2D eigenvalue weighted by molar-refractivity contribution is -0.401. The maximum absolute atomic E-state index is 11.5. The molecule has 0 fully saturated rings. The number of hydrogen-bond acceptors (Lipinski definition) is 3. The van der Waals surface area contributed by atoms with Gasteiger partial charge in [0.2, 0.25) is 5.78 Å². The molecule has 1 aromatic rings. The molecule has 4 N–H and O–H groups in total. The van der Waals surface area contributed by atoms with Gasteiger partial charge >= 0.3 is 0 Å². The van der Waals surface area contributed by atoms with Gasteiger partial charge in [0.25, 0.3) is 0 Å². The third kappa shape index (κ3) is 2.70. The number of rotatable bonds is 5. The molecule has 5 heteroatoms. The highest BCUT2D eigenvalue weighted by atomic mass is 16.4. The first-order valence-corrected chi connectivity index (χ1v) is 4.31. The third-order valence-electron chi connectivity index (χ3n) is 1.95. The van der Waals surface area contributed by atoms with Crippen LogP contribution < -0.4 is 10.8 Å². The Hall–Kier alpha value is -1.62. The molecule has 0 saturated heterocycles. The summed E-state index contributed by atoms with van der Waals surface area (Å²) in [5.74, 6) is -1.30. The van der Waals surface area contributed by atoms with Crippen LogP contribution in [0.15, 0.2) is 18.5 Å². The molecule has 0 aliphatic heterocycles. The van der Waals surface area contributed by atoms with E-state index >= 15 is 0 Å². The zero-order chi connectivity index (χ0) is 10.6. The molecule has 0 aliphatic rings. The topological polar surface area (TPSA) is 101 Å². The van der Waals surface area contributed by atoms with Crippen molar-refractivity contribution < 1.29 is 20.4 Å². The zero-order valence-electron chi connectivity index (χ0n) is 7.66. The van der Waals surface area contributed by atoms with Crippen molar-refractivity contribution in [2.45, 2.75) is 18.9 Å². The minimum absolute atomic E-state index is 0.135. The number of hydrogen-bond donors (Lipinski definition) is 2. The standard InChI is InChI=1S/C9H12N2O3/c10-7(1-2-8(12)13)9(14)6-3-4-11-5-6/h3-5,7,11H,1-2,10H2,(H,12,13)/t7-/m0/s1. The van der Waals surface area contributed by atoms with E-state index < -0.39 is 12.0 Å². The SMILES string of the molecule is [NH3+][C@@H](CCC(=O)[O-])C(=O)c1cc[nH]c1. The molecular formula is C9H12N2O3. The van der Waals surface area contributed by atoms with E-state index in [2.05, 4.69) is 10.7 Å². The Morgan fingerprint density at radius 2 is 2.29 bits per heavy atom. The van der Waals surface area contributed by atoms with Gasteiger partial charge in [-0.25, -0.2) is 0 Å². The molecule has 14 heavy (non-hydrogen) atoms. The molecule has 0 bridgehead atoms. The van der Waals surface area contributed by atoms with Gasteiger partial charge in [0.05, 0.1) is 0 Å². The predicted molar refractivity (Wildman–Crippen MR) is 46.0 cm³/mol. The largest absolute Gasteiger partial charge is 0.550 e. The van der Waals surface area contributed by atoms with Crippen LogP contribution in [0.25, 0.3) is 0 Å². The Morgan fingerprint density at radius 1 is 1.57 bits per heavy atom. The summed E-state index contributed by atoms with van der Waals surface area (Å²) >= 11 is 0. The van der Waals surface area contributed by atoms with E-state index in [-0.39, 0.29) is 18.6 Å². The molecule has 0 unspecified atom stereocenters. The highest BCUT2D eigenvalue weighted by Crippen LogP contribution is 2.03. The van der Waals surface area contributed by atoms with Gasteiger partial charge in [-0.15, -0.1) is 0 Å². The second-order valence-electron chi connectivity index (χ2n) is 3.07. The van der Waals surface area contributed by atoms with E-state index in [4.69, 9.17) is 0 Å². The van der Waals surface area contributed by atoms with Gasteiger partial charge in [-0.3, -0.25) is 4.79 Å². The second kappa shape index (κ2) is 4.57. The fourth-order valence-corrected chi connectivity index (χ4v) is 1.14. The first-order chi connectivity index (χ1) is 6.61. The molecule has 1 heterocycles. The fourth-order valence-electron chi connectivity index (χ4n) is 1.14. The van der Waals surface area contributed by atoms with E-state index in [9.17, 15) is 14.7 Å². The van der Waals surface area contributed by atoms with Gasteiger partial charge < -0.3 is 20.6 Å². The summed E-state index contributed by atoms with van der Waals surface area (Å²) in [6, 6.07) is 1.11. The average molecular weight is 196 g/mol. The number of carbonyl (C=O) groups excluding carboxylic acids is 2. The number of carboxylic acids is 1. The molecule has 0 saturated carbocycles. The Labute approximate surface area is 80.9 Å². The minimum atomic E-state index is -1.15. The number of nitrogens with one attached hydrogen (secondary N) is 1. The maximum atomic E-state index is 11.5. The number of ketones is 1. The predicted octanol–water partition coefficient (Wildman–Crippen LogP) is -1.66. The molecular weight excluding hydrogens is 184 g/mol. The van der Waals surface area contributed by atoms with Gasteiger partial charge in [-0.05, 0) is 12.5 Å². The van der Waals surface area contributed by atoms with E-state index in [1.165, 1.54) is 0 Å². The van der Waals surface area contributed by atoms with Crippen LogP contribution in [0.4, 0.5) is 0 Å². The molecule has 76 valence electrons. The normalized spacial score (nSPS) is 12.4. The Kier molecular flexibility index (Phi) is 3.41. The lowest BCUT2D eigenvalue weighted by Crippen LogP contribution is -2.65. The highest BCUT2D eigenvalue weighted by molar-refractivity contribution is 5.99. The number of Topliss-reactive ketones (excluding diaryl/α,β-unsaturated/α-hetero) is 1. The molecule has 0 aromatic carbocycles. The summed E-state index contributed by atoms with van der Waals surface area (Å²) in [7, 11) is 0. The van der Waals surface area contributed by atoms with Crippen molar-refractivity contribution in [2.75, 3.05) is 0 Å². The number of aliphatic carboxylic acids is 1. The Bertz CT molecular complexity index is 319. The number of H-pyrrole nitrogens is 1. The van der Waals surface area contributed by atoms with Crippen molar-refractivity contribution >= 4 is 11.8 Å². The summed E-state index contributed by atoms with van der Waals surface area (Å²) in [6.45, 7) is 0. The van der Waals surface area contributed by atoms with Crippen LogP contribution >= 0.6 is 0 Å². The van der Waals surface area contributed by atoms with Crippen LogP contribution in [0.2, 0.25) is 0 Å². The Morgan fingerprint density at radius 3 is 2.79 bits per heavy atom. The van der Waals surface area contributed by atoms with Crippen LogP contribution in [0.1, 0.15) is 23.2 Å². The van der Waals surface area contributed by atoms with Crippen LogP contribution in [-0.2, 0) is 4.79 Å². The van der Waals surface area contributed by atoms with E-state index in [0.29, 0.717) is 5.56 Å². The van der Waals surface area contributed by atoms with E-state index in [1.54, 1.807) is 18.5 Å². The molecule has 0 spiro atoms. The van der Waals surface area contributed by atoms with E-state index in [1.807, 2.05) is 0 Å². The molecule has 0 amide bonds. The number of quaternary nitrogens is 1. The van der Waals surface area contributed by atoms with Gasteiger partial charge in [-0.1, -0.05) is 0 Å². The molecule has 1 atom stereocenters. The maximum Gasteiger partial charge on any atom is 0.221 e. The zero-order valence-corrected chi connectivity index (χ0v) is 7.66. The van der Waals surface area contributed by atoms with Gasteiger partial charge in [0.15, 0.2) is 0 Å². The third-order valence-corrected chi connectivity index (χ3v) is 1.95. The first kappa shape index (κ1) is 10.5. The number of carbonyl (C=O) groups is 2. The smallest absolute Gasteiger partial charge is 0.221 e. The quantitative estimate of drug-likeness (QED) is 0.551. The van der Waals surface area contributed by atoms with E-state index in [0.717, 1.165) is 0 Å². The van der Waals surface area contributed by atoms with Crippen LogP contribution in [0.3, 0.4) is 0 Å². The number of aromatic amines is 1. The molecule has 0 radical (unpaired) electrons. The van der Waals surface area contributed by atoms with Gasteiger partial charge in [0, 0.05) is 30.3 Å². The Balaban J connectivity index is 2.49. The van der Waals surface area contributed by atoms with Gasteiger partial charge in [-0.2, -0.15) is 0 Å². The lowest BCUT2D eigenvalue weighted by Gasteiger charge is -2.06. The fraction of sp³-hybridized carbons (Fsp3) is 0.333. The minimum Gasteiger partial charge on any atom is -0.550 e. The summed E-state index contributed by atoms with van der Waals surface area (Å²) in [5, 5.41) is 10.2. The van der Waals surface area contributed by atoms with Crippen LogP contribution in [0.5, 0.6) is 0 Å². The molecule has 1 aromatic heterocycles. The number of carboxylic acid groups (broad SMARTS) is 1. The molecule has 0 aliphatic carbocycles.